The van der Waals surface area contributed by atoms with E-state index in [0.29, 0.717) is 25.1 Å². The molecule has 0 aromatic carbocycles. The number of amides is 1. The maximum atomic E-state index is 11.8. The van der Waals surface area contributed by atoms with Gasteiger partial charge in [-0.3, -0.25) is 4.79 Å². The van der Waals surface area contributed by atoms with Crippen molar-refractivity contribution in [2.45, 2.75) is 32.8 Å². The Morgan fingerprint density at radius 2 is 2.12 bits per heavy atom. The number of rotatable bonds is 1. The molecule has 5 heteroatoms. The van der Waals surface area contributed by atoms with Gasteiger partial charge in [-0.15, -0.1) is 0 Å². The summed E-state index contributed by atoms with van der Waals surface area (Å²) in [5.74, 6) is 0.0826. The highest BCUT2D eigenvalue weighted by molar-refractivity contribution is 5.97. The zero-order valence-corrected chi connectivity index (χ0v) is 10.9. The zero-order chi connectivity index (χ0) is 13.1. The molecule has 1 amide bonds. The Balaban J connectivity index is 2.65. The van der Waals surface area contributed by atoms with Crippen molar-refractivity contribution in [3.05, 3.63) is 11.8 Å². The Labute approximate surface area is 102 Å². The number of hydrogen-bond acceptors (Lipinski definition) is 4. The molecule has 0 aromatic rings. The number of ketones is 1. The number of piperidine rings is 1. The molecule has 0 spiro atoms. The van der Waals surface area contributed by atoms with Gasteiger partial charge in [0.2, 0.25) is 0 Å². The van der Waals surface area contributed by atoms with Crippen molar-refractivity contribution in [1.29, 1.82) is 0 Å². The Morgan fingerprint density at radius 1 is 1.47 bits per heavy atom. The van der Waals surface area contributed by atoms with Crippen LogP contribution in [0.15, 0.2) is 11.8 Å². The minimum absolute atomic E-state index is 0.0826. The lowest BCUT2D eigenvalue weighted by molar-refractivity contribution is -0.117. The fourth-order valence-electron chi connectivity index (χ4n) is 1.55. The summed E-state index contributed by atoms with van der Waals surface area (Å²) >= 11 is 0. The summed E-state index contributed by atoms with van der Waals surface area (Å²) in [4.78, 5) is 24.9. The van der Waals surface area contributed by atoms with E-state index in [-0.39, 0.29) is 11.9 Å². The average molecular weight is 240 g/mol. The highest BCUT2D eigenvalue weighted by Gasteiger charge is 2.28. The number of carbonyl (C=O) groups is 2. The number of Topliss-reactive ketones (excluding diaryl/α,β-unsaturated/α-hetero) is 1. The minimum atomic E-state index is -0.509. The van der Waals surface area contributed by atoms with E-state index in [1.165, 1.54) is 0 Å². The Bertz CT molecular complexity index is 342. The first-order chi connectivity index (χ1) is 7.83. The lowest BCUT2D eigenvalue weighted by atomic mass is 10.0. The van der Waals surface area contributed by atoms with Gasteiger partial charge in [-0.1, -0.05) is 0 Å². The zero-order valence-electron chi connectivity index (χ0n) is 10.9. The van der Waals surface area contributed by atoms with Crippen molar-refractivity contribution in [3.8, 4) is 0 Å². The molecule has 1 aliphatic heterocycles. The third-order valence-corrected chi connectivity index (χ3v) is 2.30. The van der Waals surface area contributed by atoms with Crippen LogP contribution in [0.25, 0.3) is 0 Å². The molecule has 1 heterocycles. The molecular formula is C12H20N2O3. The predicted molar refractivity (Wildman–Crippen MR) is 64.6 cm³/mol. The number of likely N-dealkylation sites (tertiary alicyclic amines) is 1. The van der Waals surface area contributed by atoms with Crippen molar-refractivity contribution in [1.82, 2.24) is 10.2 Å². The molecule has 0 bridgehead atoms. The largest absolute Gasteiger partial charge is 0.444 e. The van der Waals surface area contributed by atoms with Gasteiger partial charge in [0, 0.05) is 31.8 Å². The van der Waals surface area contributed by atoms with Crippen LogP contribution >= 0.6 is 0 Å². The van der Waals surface area contributed by atoms with Gasteiger partial charge in [-0.05, 0) is 20.8 Å². The average Bonchev–Trinajstić information content (AvgIpc) is 2.19. The second kappa shape index (κ2) is 5.21. The first-order valence-electron chi connectivity index (χ1n) is 5.71. The van der Waals surface area contributed by atoms with E-state index < -0.39 is 5.60 Å². The molecule has 1 N–H and O–H groups in total. The van der Waals surface area contributed by atoms with Gasteiger partial charge < -0.3 is 15.0 Å². The molecule has 0 saturated carbocycles. The van der Waals surface area contributed by atoms with E-state index >= 15 is 0 Å². The highest BCUT2D eigenvalue weighted by atomic mass is 16.6. The van der Waals surface area contributed by atoms with Crippen LogP contribution in [0.4, 0.5) is 4.79 Å². The Morgan fingerprint density at radius 3 is 2.65 bits per heavy atom. The molecule has 0 unspecified atom stereocenters. The fourth-order valence-corrected chi connectivity index (χ4v) is 1.55. The van der Waals surface area contributed by atoms with Gasteiger partial charge in [-0.2, -0.15) is 0 Å². The van der Waals surface area contributed by atoms with Gasteiger partial charge in [-0.25, -0.2) is 4.79 Å². The van der Waals surface area contributed by atoms with Crippen LogP contribution in [-0.4, -0.2) is 42.5 Å². The van der Waals surface area contributed by atoms with Crippen LogP contribution in [0.3, 0.4) is 0 Å². The molecule has 1 aliphatic rings. The van der Waals surface area contributed by atoms with Gasteiger partial charge >= 0.3 is 6.09 Å². The molecule has 0 aromatic heterocycles. The topological polar surface area (TPSA) is 58.6 Å². The van der Waals surface area contributed by atoms with Crippen molar-refractivity contribution in [2.75, 3.05) is 20.1 Å². The quantitative estimate of drug-likeness (QED) is 0.702. The molecule has 1 saturated heterocycles. The second-order valence-corrected chi connectivity index (χ2v) is 5.03. The summed E-state index contributed by atoms with van der Waals surface area (Å²) in [5, 5.41) is 2.81. The molecule has 0 radical (unpaired) electrons. The number of nitrogens with zero attached hydrogens (tertiary/aromatic N) is 1. The normalized spacial score (nSPS) is 19.4. The van der Waals surface area contributed by atoms with E-state index in [1.54, 1.807) is 18.1 Å². The lowest BCUT2D eigenvalue weighted by Crippen LogP contribution is -2.43. The minimum Gasteiger partial charge on any atom is -0.444 e. The molecule has 1 fully saturated rings. The van der Waals surface area contributed by atoms with Crippen molar-refractivity contribution in [2.24, 2.45) is 0 Å². The summed E-state index contributed by atoms with van der Waals surface area (Å²) in [6, 6.07) is 0. The highest BCUT2D eigenvalue weighted by Crippen LogP contribution is 2.16. The standard InChI is InChI=1S/C12H20N2O3/c1-12(2,3)17-11(16)14-6-5-10(15)9(8-14)7-13-4/h7,13H,5-6,8H2,1-4H3/b9-7+. The van der Waals surface area contributed by atoms with E-state index in [9.17, 15) is 9.59 Å². The first-order valence-corrected chi connectivity index (χ1v) is 5.71. The summed E-state index contributed by atoms with van der Waals surface area (Å²) in [5.41, 5.74) is 0.107. The third-order valence-electron chi connectivity index (χ3n) is 2.30. The predicted octanol–water partition coefficient (Wildman–Crippen LogP) is 1.30. The van der Waals surface area contributed by atoms with Crippen LogP contribution in [0, 0.1) is 0 Å². The molecule has 17 heavy (non-hydrogen) atoms. The van der Waals surface area contributed by atoms with Crippen LogP contribution in [0.5, 0.6) is 0 Å². The summed E-state index contributed by atoms with van der Waals surface area (Å²) in [6.45, 7) is 6.21. The van der Waals surface area contributed by atoms with Crippen LogP contribution in [-0.2, 0) is 9.53 Å². The molecular weight excluding hydrogens is 220 g/mol. The number of ether oxygens (including phenoxy) is 1. The molecule has 96 valence electrons. The van der Waals surface area contributed by atoms with E-state index in [0.717, 1.165) is 0 Å². The van der Waals surface area contributed by atoms with Crippen molar-refractivity contribution >= 4 is 11.9 Å². The van der Waals surface area contributed by atoms with Crippen LogP contribution < -0.4 is 5.32 Å². The molecule has 0 atom stereocenters. The number of nitrogens with one attached hydrogen (secondary N) is 1. The maximum Gasteiger partial charge on any atom is 0.410 e. The number of hydrogen-bond donors (Lipinski definition) is 1. The van der Waals surface area contributed by atoms with Crippen molar-refractivity contribution in [3.63, 3.8) is 0 Å². The fraction of sp³-hybridized carbons (Fsp3) is 0.667. The van der Waals surface area contributed by atoms with E-state index in [2.05, 4.69) is 5.32 Å². The van der Waals surface area contributed by atoms with Crippen LogP contribution in [0.2, 0.25) is 0 Å². The Hall–Kier alpha value is -1.52. The second-order valence-electron chi connectivity index (χ2n) is 5.03. The van der Waals surface area contributed by atoms with Gasteiger partial charge in [0.1, 0.15) is 5.60 Å². The van der Waals surface area contributed by atoms with E-state index in [1.807, 2.05) is 20.8 Å². The number of carbonyl (C=O) groups excluding carboxylic acids is 2. The monoisotopic (exact) mass is 240 g/mol. The van der Waals surface area contributed by atoms with Gasteiger partial charge in [0.25, 0.3) is 0 Å². The van der Waals surface area contributed by atoms with Crippen molar-refractivity contribution < 1.29 is 14.3 Å². The summed E-state index contributed by atoms with van der Waals surface area (Å²) in [6.07, 6.45) is 1.62. The maximum absolute atomic E-state index is 11.8. The Kier molecular flexibility index (Phi) is 4.15. The first kappa shape index (κ1) is 13.5. The summed E-state index contributed by atoms with van der Waals surface area (Å²) in [7, 11) is 1.73. The summed E-state index contributed by atoms with van der Waals surface area (Å²) < 4.78 is 5.27. The lowest BCUT2D eigenvalue weighted by Gasteiger charge is -2.30. The SMILES string of the molecule is CN/C=C1\CN(C(=O)OC(C)(C)C)CCC1=O. The van der Waals surface area contributed by atoms with E-state index in [4.69, 9.17) is 4.74 Å². The van der Waals surface area contributed by atoms with Gasteiger partial charge in [0.05, 0.1) is 6.54 Å². The van der Waals surface area contributed by atoms with Gasteiger partial charge in [0.15, 0.2) is 5.78 Å². The molecule has 1 rings (SSSR count). The third kappa shape index (κ3) is 4.09. The smallest absolute Gasteiger partial charge is 0.410 e. The van der Waals surface area contributed by atoms with Crippen LogP contribution in [0.1, 0.15) is 27.2 Å². The molecule has 5 nitrogen and oxygen atoms in total. The molecule has 0 aliphatic carbocycles.